The van der Waals surface area contributed by atoms with Crippen LogP contribution in [0, 0.1) is 5.82 Å². The van der Waals surface area contributed by atoms with Crippen LogP contribution in [0.4, 0.5) is 4.39 Å². The molecule has 5 nitrogen and oxygen atoms in total. The number of aliphatic hydroxyl groups is 1. The number of nitrogens with zero attached hydrogens (tertiary/aromatic N) is 1. The van der Waals surface area contributed by atoms with Gasteiger partial charge in [-0.1, -0.05) is 0 Å². The number of carbonyl (C=O) groups excluding carboxylic acids is 1. The van der Waals surface area contributed by atoms with Gasteiger partial charge in [0.15, 0.2) is 0 Å². The second-order valence-corrected chi connectivity index (χ2v) is 5.37. The van der Waals surface area contributed by atoms with Crippen molar-refractivity contribution >= 4 is 5.91 Å². The summed E-state index contributed by atoms with van der Waals surface area (Å²) in [5.41, 5.74) is -0.150. The van der Waals surface area contributed by atoms with Crippen LogP contribution in [0.25, 0.3) is 0 Å². The van der Waals surface area contributed by atoms with Gasteiger partial charge in [-0.25, -0.2) is 4.39 Å². The van der Waals surface area contributed by atoms with E-state index < -0.39 is 11.7 Å². The molecule has 1 unspecified atom stereocenters. The van der Waals surface area contributed by atoms with Crippen molar-refractivity contribution in [1.29, 1.82) is 0 Å². The molecule has 0 saturated carbocycles. The third kappa shape index (κ3) is 4.68. The van der Waals surface area contributed by atoms with Crippen LogP contribution in [0.2, 0.25) is 0 Å². The average Bonchev–Trinajstić information content (AvgIpc) is 2.46. The number of β-amino-alcohol motifs (C(OH)–C–C–N with tert-alkyl or cyclic N) is 1. The minimum Gasteiger partial charge on any atom is -0.508 e. The second kappa shape index (κ2) is 7.38. The Bertz CT molecular complexity index is 496. The number of hydrogen-bond acceptors (Lipinski definition) is 4. The molecule has 0 aliphatic carbocycles. The minimum atomic E-state index is -0.649. The summed E-state index contributed by atoms with van der Waals surface area (Å²) in [6.07, 6.45) is 2.32. The number of benzene rings is 1. The highest BCUT2D eigenvalue weighted by molar-refractivity contribution is 5.94. The van der Waals surface area contributed by atoms with E-state index >= 15 is 0 Å². The monoisotopic (exact) mass is 296 g/mol. The number of nitrogens with one attached hydrogen (secondary N) is 1. The molecule has 0 spiro atoms. The largest absolute Gasteiger partial charge is 0.508 e. The standard InChI is InChI=1S/C15H21FN2O3/c16-14-5-4-11(19)9-13(14)15(21)17-6-2-8-18-7-1-3-12(20)10-18/h4-5,9,12,19-20H,1-3,6-8,10H2,(H,17,21). The van der Waals surface area contributed by atoms with E-state index in [-0.39, 0.29) is 17.4 Å². The summed E-state index contributed by atoms with van der Waals surface area (Å²) in [6, 6.07) is 3.39. The van der Waals surface area contributed by atoms with Crippen molar-refractivity contribution in [2.24, 2.45) is 0 Å². The molecule has 3 N–H and O–H groups in total. The summed E-state index contributed by atoms with van der Waals surface area (Å²) in [5.74, 6) is -1.31. The van der Waals surface area contributed by atoms with Gasteiger partial charge in [0.25, 0.3) is 5.91 Å². The SMILES string of the molecule is O=C(NCCCN1CCCC(O)C1)c1cc(O)ccc1F. The molecule has 0 bridgehead atoms. The normalized spacial score (nSPS) is 19.4. The average molecular weight is 296 g/mol. The number of aliphatic hydroxyl groups excluding tert-OH is 1. The predicted octanol–water partition coefficient (Wildman–Crippen LogP) is 1.11. The zero-order chi connectivity index (χ0) is 15.2. The fourth-order valence-corrected chi connectivity index (χ4v) is 2.52. The lowest BCUT2D eigenvalue weighted by atomic mass is 10.1. The van der Waals surface area contributed by atoms with Crippen LogP contribution in [0.15, 0.2) is 18.2 Å². The number of piperidine rings is 1. The van der Waals surface area contributed by atoms with Gasteiger partial charge in [-0.15, -0.1) is 0 Å². The van der Waals surface area contributed by atoms with Crippen molar-refractivity contribution in [3.8, 4) is 5.75 Å². The van der Waals surface area contributed by atoms with Gasteiger partial charge in [0.1, 0.15) is 11.6 Å². The Morgan fingerprint density at radius 2 is 2.29 bits per heavy atom. The first-order valence-corrected chi connectivity index (χ1v) is 7.23. The molecule has 1 aliphatic heterocycles. The molecule has 1 fully saturated rings. The van der Waals surface area contributed by atoms with Gasteiger partial charge >= 0.3 is 0 Å². The number of likely N-dealkylation sites (tertiary alicyclic amines) is 1. The van der Waals surface area contributed by atoms with E-state index in [9.17, 15) is 19.4 Å². The lowest BCUT2D eigenvalue weighted by Gasteiger charge is -2.29. The highest BCUT2D eigenvalue weighted by Gasteiger charge is 2.17. The fraction of sp³-hybridized carbons (Fsp3) is 0.533. The number of amides is 1. The molecule has 2 rings (SSSR count). The zero-order valence-corrected chi connectivity index (χ0v) is 11.9. The number of carbonyl (C=O) groups is 1. The van der Waals surface area contributed by atoms with Crippen molar-refractivity contribution in [2.75, 3.05) is 26.2 Å². The number of phenolic OH excluding ortho intramolecular Hbond substituents is 1. The summed E-state index contributed by atoms with van der Waals surface area (Å²) in [4.78, 5) is 14.0. The van der Waals surface area contributed by atoms with Gasteiger partial charge < -0.3 is 20.4 Å². The number of halogens is 1. The molecule has 1 aromatic carbocycles. The van der Waals surface area contributed by atoms with Crippen LogP contribution in [-0.4, -0.2) is 53.3 Å². The van der Waals surface area contributed by atoms with Crippen LogP contribution < -0.4 is 5.32 Å². The van der Waals surface area contributed by atoms with Crippen molar-refractivity contribution in [2.45, 2.75) is 25.4 Å². The van der Waals surface area contributed by atoms with E-state index in [0.29, 0.717) is 13.1 Å². The molecule has 0 aromatic heterocycles. The molecule has 21 heavy (non-hydrogen) atoms. The Hall–Kier alpha value is -1.66. The first kappa shape index (κ1) is 15.7. The van der Waals surface area contributed by atoms with Crippen LogP contribution in [0.5, 0.6) is 5.75 Å². The van der Waals surface area contributed by atoms with E-state index in [4.69, 9.17) is 0 Å². The number of phenols is 1. The number of aromatic hydroxyl groups is 1. The molecule has 1 amide bonds. The highest BCUT2D eigenvalue weighted by atomic mass is 19.1. The molecule has 0 radical (unpaired) electrons. The van der Waals surface area contributed by atoms with Gasteiger partial charge in [-0.2, -0.15) is 0 Å². The lowest BCUT2D eigenvalue weighted by Crippen LogP contribution is -2.39. The summed E-state index contributed by atoms with van der Waals surface area (Å²) < 4.78 is 13.5. The summed E-state index contributed by atoms with van der Waals surface area (Å²) in [7, 11) is 0. The number of hydrogen-bond donors (Lipinski definition) is 3. The maximum absolute atomic E-state index is 13.5. The van der Waals surface area contributed by atoms with Gasteiger partial charge in [0.2, 0.25) is 0 Å². The summed E-state index contributed by atoms with van der Waals surface area (Å²) in [6.45, 7) is 2.86. The fourth-order valence-electron chi connectivity index (χ4n) is 2.52. The first-order chi connectivity index (χ1) is 10.1. The maximum atomic E-state index is 13.5. The van der Waals surface area contributed by atoms with Crippen LogP contribution in [-0.2, 0) is 0 Å². The van der Waals surface area contributed by atoms with Gasteiger partial charge in [0, 0.05) is 13.1 Å². The van der Waals surface area contributed by atoms with Crippen LogP contribution in [0.3, 0.4) is 0 Å². The quantitative estimate of drug-likeness (QED) is 0.712. The smallest absolute Gasteiger partial charge is 0.254 e. The van der Waals surface area contributed by atoms with Crippen molar-refractivity contribution in [3.05, 3.63) is 29.6 Å². The van der Waals surface area contributed by atoms with E-state index in [1.807, 2.05) is 0 Å². The summed E-state index contributed by atoms with van der Waals surface area (Å²) in [5, 5.41) is 21.5. The van der Waals surface area contributed by atoms with E-state index in [1.54, 1.807) is 0 Å². The molecule has 1 aromatic rings. The van der Waals surface area contributed by atoms with E-state index in [1.165, 1.54) is 6.07 Å². The Morgan fingerprint density at radius 1 is 1.48 bits per heavy atom. The summed E-state index contributed by atoms with van der Waals surface area (Å²) >= 11 is 0. The molecule has 1 heterocycles. The number of rotatable bonds is 5. The third-order valence-corrected chi connectivity index (χ3v) is 3.61. The Morgan fingerprint density at radius 3 is 3.05 bits per heavy atom. The molecular weight excluding hydrogens is 275 g/mol. The first-order valence-electron chi connectivity index (χ1n) is 7.23. The molecular formula is C15H21FN2O3. The predicted molar refractivity (Wildman–Crippen MR) is 76.7 cm³/mol. The van der Waals surface area contributed by atoms with Crippen LogP contribution >= 0.6 is 0 Å². The lowest BCUT2D eigenvalue weighted by molar-refractivity contribution is 0.0697. The van der Waals surface area contributed by atoms with Crippen LogP contribution in [0.1, 0.15) is 29.6 Å². The second-order valence-electron chi connectivity index (χ2n) is 5.37. The molecule has 1 saturated heterocycles. The minimum absolute atomic E-state index is 0.135. The zero-order valence-electron chi connectivity index (χ0n) is 11.9. The maximum Gasteiger partial charge on any atom is 0.254 e. The molecule has 6 heteroatoms. The van der Waals surface area contributed by atoms with Crippen molar-refractivity contribution < 1.29 is 19.4 Å². The topological polar surface area (TPSA) is 72.8 Å². The van der Waals surface area contributed by atoms with Gasteiger partial charge in [-0.3, -0.25) is 4.79 Å². The molecule has 1 atom stereocenters. The Labute approximate surface area is 123 Å². The third-order valence-electron chi connectivity index (χ3n) is 3.61. The van der Waals surface area contributed by atoms with Crippen molar-refractivity contribution in [1.82, 2.24) is 10.2 Å². The Kier molecular flexibility index (Phi) is 5.52. The molecule has 1 aliphatic rings. The van der Waals surface area contributed by atoms with Gasteiger partial charge in [0.05, 0.1) is 11.7 Å². The van der Waals surface area contributed by atoms with E-state index in [0.717, 1.165) is 44.5 Å². The van der Waals surface area contributed by atoms with Gasteiger partial charge in [-0.05, 0) is 50.6 Å². The van der Waals surface area contributed by atoms with Crippen molar-refractivity contribution in [3.63, 3.8) is 0 Å². The molecule has 116 valence electrons. The highest BCUT2D eigenvalue weighted by Crippen LogP contribution is 2.15. The Balaban J connectivity index is 1.73. The van der Waals surface area contributed by atoms with E-state index in [2.05, 4.69) is 10.2 Å².